The predicted octanol–water partition coefficient (Wildman–Crippen LogP) is 1.40. The summed E-state index contributed by atoms with van der Waals surface area (Å²) in [6.07, 6.45) is 0.294. The van der Waals surface area contributed by atoms with Crippen molar-refractivity contribution in [1.82, 2.24) is 5.32 Å². The minimum Gasteiger partial charge on any atom is -0.467 e. The third-order valence-electron chi connectivity index (χ3n) is 2.86. The Labute approximate surface area is 122 Å². The maximum Gasteiger partial charge on any atom is 0.328 e. The van der Waals surface area contributed by atoms with Gasteiger partial charge in [0, 0.05) is 6.42 Å². The van der Waals surface area contributed by atoms with Crippen molar-refractivity contribution in [2.24, 2.45) is 0 Å². The standard InChI is InChI=1S/C15H18FNO4/c1-10(18)6-7-13(15(20)21-2)17-14(19)9-11-4-3-5-12(16)8-11/h3-5,8,13H,6-7,9H2,1-2H3,(H,17,19)/t13-/m0/s1. The van der Waals surface area contributed by atoms with Gasteiger partial charge in [0.25, 0.3) is 0 Å². The molecule has 114 valence electrons. The lowest BCUT2D eigenvalue weighted by atomic mass is 10.1. The van der Waals surface area contributed by atoms with Gasteiger partial charge in [-0.15, -0.1) is 0 Å². The molecule has 0 heterocycles. The van der Waals surface area contributed by atoms with Crippen LogP contribution in [0.1, 0.15) is 25.3 Å². The predicted molar refractivity (Wildman–Crippen MR) is 74.0 cm³/mol. The van der Waals surface area contributed by atoms with Gasteiger partial charge >= 0.3 is 5.97 Å². The van der Waals surface area contributed by atoms with Crippen LogP contribution < -0.4 is 5.32 Å². The van der Waals surface area contributed by atoms with Gasteiger partial charge in [-0.25, -0.2) is 9.18 Å². The Morgan fingerprint density at radius 1 is 1.33 bits per heavy atom. The maximum atomic E-state index is 13.0. The first-order valence-corrected chi connectivity index (χ1v) is 6.53. The largest absolute Gasteiger partial charge is 0.467 e. The molecule has 0 bridgehead atoms. The van der Waals surface area contributed by atoms with E-state index in [0.717, 1.165) is 0 Å². The van der Waals surface area contributed by atoms with E-state index in [0.29, 0.717) is 5.56 Å². The summed E-state index contributed by atoms with van der Waals surface area (Å²) in [5.74, 6) is -1.55. The number of benzene rings is 1. The molecule has 1 amide bonds. The van der Waals surface area contributed by atoms with Crippen molar-refractivity contribution >= 4 is 17.7 Å². The normalized spacial score (nSPS) is 11.6. The summed E-state index contributed by atoms with van der Waals surface area (Å²) < 4.78 is 17.6. The number of ether oxygens (including phenoxy) is 1. The first kappa shape index (κ1) is 16.8. The third-order valence-corrected chi connectivity index (χ3v) is 2.86. The minimum atomic E-state index is -0.875. The number of nitrogens with one attached hydrogen (secondary N) is 1. The molecule has 5 nitrogen and oxygen atoms in total. The number of amides is 1. The second-order valence-electron chi connectivity index (χ2n) is 4.69. The fourth-order valence-electron chi connectivity index (χ4n) is 1.82. The molecule has 0 spiro atoms. The minimum absolute atomic E-state index is 0.0503. The molecule has 1 atom stereocenters. The highest BCUT2D eigenvalue weighted by atomic mass is 19.1. The molecule has 0 fully saturated rings. The third kappa shape index (κ3) is 6.16. The number of Topliss-reactive ketones (excluding diaryl/α,β-unsaturated/α-hetero) is 1. The van der Waals surface area contributed by atoms with Gasteiger partial charge in [-0.3, -0.25) is 4.79 Å². The van der Waals surface area contributed by atoms with Gasteiger partial charge < -0.3 is 14.8 Å². The lowest BCUT2D eigenvalue weighted by molar-refractivity contribution is -0.145. The summed E-state index contributed by atoms with van der Waals surface area (Å²) in [6, 6.07) is 4.78. The quantitative estimate of drug-likeness (QED) is 0.772. The van der Waals surface area contributed by atoms with Crippen LogP contribution in [0.15, 0.2) is 24.3 Å². The van der Waals surface area contributed by atoms with Gasteiger partial charge in [-0.05, 0) is 31.0 Å². The Balaban J connectivity index is 2.62. The smallest absolute Gasteiger partial charge is 0.328 e. The van der Waals surface area contributed by atoms with Crippen molar-refractivity contribution in [2.75, 3.05) is 7.11 Å². The van der Waals surface area contributed by atoms with Crippen LogP contribution in [0.3, 0.4) is 0 Å². The number of carbonyl (C=O) groups excluding carboxylic acids is 3. The summed E-state index contributed by atoms with van der Waals surface area (Å²) in [4.78, 5) is 34.4. The number of hydrogen-bond acceptors (Lipinski definition) is 4. The second kappa shape index (κ2) is 8.14. The van der Waals surface area contributed by atoms with E-state index in [9.17, 15) is 18.8 Å². The molecule has 0 aliphatic heterocycles. The van der Waals surface area contributed by atoms with Crippen molar-refractivity contribution in [1.29, 1.82) is 0 Å². The van der Waals surface area contributed by atoms with Gasteiger partial charge in [0.15, 0.2) is 0 Å². The fourth-order valence-corrected chi connectivity index (χ4v) is 1.82. The van der Waals surface area contributed by atoms with Gasteiger partial charge in [0.1, 0.15) is 17.6 Å². The molecule has 6 heteroatoms. The molecular weight excluding hydrogens is 277 g/mol. The van der Waals surface area contributed by atoms with Crippen LogP contribution >= 0.6 is 0 Å². The van der Waals surface area contributed by atoms with Crippen LogP contribution in [0, 0.1) is 5.82 Å². The summed E-state index contributed by atoms with van der Waals surface area (Å²) in [5, 5.41) is 2.50. The van der Waals surface area contributed by atoms with Gasteiger partial charge in [0.2, 0.25) is 5.91 Å². The molecule has 21 heavy (non-hydrogen) atoms. The highest BCUT2D eigenvalue weighted by Gasteiger charge is 2.21. The van der Waals surface area contributed by atoms with Crippen molar-refractivity contribution in [2.45, 2.75) is 32.2 Å². The number of carbonyl (C=O) groups is 3. The Bertz CT molecular complexity index is 530. The molecule has 1 aromatic carbocycles. The maximum absolute atomic E-state index is 13.0. The number of rotatable bonds is 7. The van der Waals surface area contributed by atoms with Crippen LogP contribution in [-0.2, 0) is 25.5 Å². The summed E-state index contributed by atoms with van der Waals surface area (Å²) in [7, 11) is 1.21. The Morgan fingerprint density at radius 3 is 2.62 bits per heavy atom. The zero-order chi connectivity index (χ0) is 15.8. The van der Waals surface area contributed by atoms with Gasteiger partial charge in [-0.2, -0.15) is 0 Å². The molecule has 0 radical (unpaired) electrons. The average molecular weight is 295 g/mol. The topological polar surface area (TPSA) is 72.5 Å². The number of hydrogen-bond donors (Lipinski definition) is 1. The molecule has 0 aliphatic rings. The van der Waals surface area contributed by atoms with Crippen molar-refractivity contribution in [3.63, 3.8) is 0 Å². The van der Waals surface area contributed by atoms with Crippen LogP contribution in [0.4, 0.5) is 4.39 Å². The Hall–Kier alpha value is -2.24. The van der Waals surface area contributed by atoms with E-state index >= 15 is 0 Å². The van der Waals surface area contributed by atoms with E-state index in [1.807, 2.05) is 0 Å². The van der Waals surface area contributed by atoms with E-state index in [1.54, 1.807) is 6.07 Å². The molecular formula is C15H18FNO4. The van der Waals surface area contributed by atoms with E-state index in [-0.39, 0.29) is 25.0 Å². The molecule has 1 rings (SSSR count). The molecule has 0 aromatic heterocycles. The van der Waals surface area contributed by atoms with Gasteiger partial charge in [-0.1, -0.05) is 12.1 Å². The Kier molecular flexibility index (Phi) is 6.52. The zero-order valence-corrected chi connectivity index (χ0v) is 12.0. The molecule has 0 saturated carbocycles. The fraction of sp³-hybridized carbons (Fsp3) is 0.400. The van der Waals surface area contributed by atoms with E-state index < -0.39 is 23.7 Å². The van der Waals surface area contributed by atoms with Crippen molar-refractivity contribution in [3.8, 4) is 0 Å². The van der Waals surface area contributed by atoms with Crippen LogP contribution in [0.2, 0.25) is 0 Å². The van der Waals surface area contributed by atoms with Crippen molar-refractivity contribution in [3.05, 3.63) is 35.6 Å². The molecule has 0 aliphatic carbocycles. The number of halogens is 1. The summed E-state index contributed by atoms with van der Waals surface area (Å²) >= 11 is 0. The van der Waals surface area contributed by atoms with E-state index in [1.165, 1.54) is 32.2 Å². The molecule has 1 N–H and O–H groups in total. The summed E-state index contributed by atoms with van der Waals surface area (Å²) in [5.41, 5.74) is 0.502. The number of esters is 1. The van der Waals surface area contributed by atoms with Crippen molar-refractivity contribution < 1.29 is 23.5 Å². The molecule has 0 saturated heterocycles. The highest BCUT2D eigenvalue weighted by molar-refractivity contribution is 5.86. The van der Waals surface area contributed by atoms with E-state index in [2.05, 4.69) is 10.1 Å². The van der Waals surface area contributed by atoms with Gasteiger partial charge in [0.05, 0.1) is 13.5 Å². The highest BCUT2D eigenvalue weighted by Crippen LogP contribution is 2.06. The lowest BCUT2D eigenvalue weighted by Crippen LogP contribution is -2.42. The number of ketones is 1. The Morgan fingerprint density at radius 2 is 2.05 bits per heavy atom. The second-order valence-corrected chi connectivity index (χ2v) is 4.69. The van der Waals surface area contributed by atoms with Crippen LogP contribution in [0.5, 0.6) is 0 Å². The molecule has 0 unspecified atom stereocenters. The monoisotopic (exact) mass is 295 g/mol. The summed E-state index contributed by atoms with van der Waals surface area (Å²) in [6.45, 7) is 1.41. The van der Waals surface area contributed by atoms with Crippen LogP contribution in [-0.4, -0.2) is 30.8 Å². The first-order valence-electron chi connectivity index (χ1n) is 6.53. The lowest BCUT2D eigenvalue weighted by Gasteiger charge is -2.15. The average Bonchev–Trinajstić information content (AvgIpc) is 2.42. The first-order chi connectivity index (χ1) is 9.92. The van der Waals surface area contributed by atoms with Crippen LogP contribution in [0.25, 0.3) is 0 Å². The number of methoxy groups -OCH3 is 1. The molecule has 1 aromatic rings. The van der Waals surface area contributed by atoms with E-state index in [4.69, 9.17) is 0 Å². The SMILES string of the molecule is COC(=O)[C@H](CCC(C)=O)NC(=O)Cc1cccc(F)c1. The zero-order valence-electron chi connectivity index (χ0n) is 12.0.